The van der Waals surface area contributed by atoms with Gasteiger partial charge in [-0.15, -0.1) is 0 Å². The quantitative estimate of drug-likeness (QED) is 0.617. The van der Waals surface area contributed by atoms with Gasteiger partial charge in [-0.25, -0.2) is 0 Å². The monoisotopic (exact) mass is 455 g/mol. The Kier molecular flexibility index (Phi) is 5.54. The van der Waals surface area contributed by atoms with Gasteiger partial charge in [0.15, 0.2) is 11.5 Å². The minimum absolute atomic E-state index is 0.145. The average molecular weight is 456 g/mol. The third-order valence-electron chi connectivity index (χ3n) is 5.38. The molecule has 0 bridgehead atoms. The summed E-state index contributed by atoms with van der Waals surface area (Å²) in [6.45, 7) is 4.78. The van der Waals surface area contributed by atoms with Crippen LogP contribution in [0.1, 0.15) is 41.6 Å². The number of aromatic nitrogens is 6. The fourth-order valence-corrected chi connectivity index (χ4v) is 4.07. The molecule has 4 rings (SSSR count). The van der Waals surface area contributed by atoms with Crippen LogP contribution in [0.25, 0.3) is 0 Å². The number of alkyl halides is 3. The first-order chi connectivity index (χ1) is 14.7. The molecule has 0 aromatic carbocycles. The summed E-state index contributed by atoms with van der Waals surface area (Å²) in [6.07, 6.45) is 0.183. The minimum Gasteiger partial charge on any atom is -0.306 e. The molecule has 3 aromatic rings. The van der Waals surface area contributed by atoms with Gasteiger partial charge in [0.25, 0.3) is 0 Å². The van der Waals surface area contributed by atoms with E-state index >= 15 is 0 Å². The van der Waals surface area contributed by atoms with Gasteiger partial charge >= 0.3 is 6.18 Å². The zero-order valence-corrected chi connectivity index (χ0v) is 17.8. The Balaban J connectivity index is 1.47. The van der Waals surface area contributed by atoms with E-state index in [-0.39, 0.29) is 22.9 Å². The number of hydrogen-bond acceptors (Lipinski definition) is 4. The van der Waals surface area contributed by atoms with Gasteiger partial charge < -0.3 is 5.32 Å². The molecular formula is C19H21ClF3N7O. The second-order valence-corrected chi connectivity index (χ2v) is 7.83. The lowest BCUT2D eigenvalue weighted by atomic mass is 10.2. The SMILES string of the molecule is CCn1ncc(Cn2cc(Cl)c(NC(=O)Cn3nc(C(F)(F)F)c4c3CCC4)n2)c1C. The second-order valence-electron chi connectivity index (χ2n) is 7.43. The largest absolute Gasteiger partial charge is 0.435 e. The number of anilines is 1. The summed E-state index contributed by atoms with van der Waals surface area (Å²) in [4.78, 5) is 12.5. The number of fused-ring (bicyclic) bond motifs is 1. The maximum Gasteiger partial charge on any atom is 0.435 e. The van der Waals surface area contributed by atoms with E-state index in [2.05, 4.69) is 20.6 Å². The van der Waals surface area contributed by atoms with Crippen LogP contribution < -0.4 is 5.32 Å². The van der Waals surface area contributed by atoms with Gasteiger partial charge in [0, 0.05) is 35.3 Å². The van der Waals surface area contributed by atoms with E-state index in [1.165, 1.54) is 0 Å². The minimum atomic E-state index is -4.54. The molecule has 0 spiro atoms. The molecule has 0 saturated heterocycles. The van der Waals surface area contributed by atoms with Crippen LogP contribution in [0, 0.1) is 6.92 Å². The Morgan fingerprint density at radius 3 is 2.71 bits per heavy atom. The third-order valence-corrected chi connectivity index (χ3v) is 5.66. The first-order valence-corrected chi connectivity index (χ1v) is 10.2. The molecule has 0 radical (unpaired) electrons. The van der Waals surface area contributed by atoms with Crippen molar-refractivity contribution in [2.24, 2.45) is 0 Å². The van der Waals surface area contributed by atoms with E-state index in [1.54, 1.807) is 17.1 Å². The Hall–Kier alpha value is -2.82. The van der Waals surface area contributed by atoms with E-state index in [0.717, 1.165) is 22.5 Å². The van der Waals surface area contributed by atoms with E-state index in [9.17, 15) is 18.0 Å². The third kappa shape index (κ3) is 4.18. The maximum absolute atomic E-state index is 13.2. The van der Waals surface area contributed by atoms with Crippen LogP contribution in [0.4, 0.5) is 19.0 Å². The van der Waals surface area contributed by atoms with E-state index < -0.39 is 17.8 Å². The molecule has 3 heterocycles. The molecule has 166 valence electrons. The van der Waals surface area contributed by atoms with Gasteiger partial charge in [0.1, 0.15) is 11.6 Å². The number of carbonyl (C=O) groups excluding carboxylic acids is 1. The number of rotatable bonds is 6. The summed E-state index contributed by atoms with van der Waals surface area (Å²) in [5, 5.41) is 15.0. The van der Waals surface area contributed by atoms with Gasteiger partial charge in [-0.2, -0.15) is 28.5 Å². The molecule has 0 saturated carbocycles. The lowest BCUT2D eigenvalue weighted by Gasteiger charge is -2.07. The molecule has 31 heavy (non-hydrogen) atoms. The number of halogens is 4. The molecule has 12 heteroatoms. The molecule has 1 aliphatic carbocycles. The van der Waals surface area contributed by atoms with Gasteiger partial charge in [-0.1, -0.05) is 11.6 Å². The van der Waals surface area contributed by atoms with Crippen molar-refractivity contribution in [2.75, 3.05) is 5.32 Å². The van der Waals surface area contributed by atoms with E-state index in [0.29, 0.717) is 31.5 Å². The fraction of sp³-hybridized carbons (Fsp3) is 0.474. The lowest BCUT2D eigenvalue weighted by molar-refractivity contribution is -0.142. The highest BCUT2D eigenvalue weighted by atomic mass is 35.5. The molecule has 0 aliphatic heterocycles. The van der Waals surface area contributed by atoms with E-state index in [1.807, 2.05) is 18.5 Å². The van der Waals surface area contributed by atoms with Crippen LogP contribution in [0.3, 0.4) is 0 Å². The number of nitrogens with one attached hydrogen (secondary N) is 1. The standard InChI is InChI=1S/C19H21ClF3N7O/c1-3-29-11(2)12(7-24-29)8-28-9-14(20)18(27-28)25-16(31)10-30-15-6-4-5-13(15)17(26-30)19(21,22)23/h7,9H,3-6,8,10H2,1-2H3,(H,25,27,31). The summed E-state index contributed by atoms with van der Waals surface area (Å²) in [5.74, 6) is -0.403. The summed E-state index contributed by atoms with van der Waals surface area (Å²) >= 11 is 6.20. The molecule has 0 atom stereocenters. The first kappa shape index (κ1) is 21.4. The summed E-state index contributed by atoms with van der Waals surface area (Å²) in [6, 6.07) is 0. The Morgan fingerprint density at radius 2 is 2.03 bits per heavy atom. The molecule has 1 N–H and O–H groups in total. The highest BCUT2D eigenvalue weighted by Crippen LogP contribution is 2.36. The predicted molar refractivity (Wildman–Crippen MR) is 107 cm³/mol. The van der Waals surface area contributed by atoms with Crippen molar-refractivity contribution >= 4 is 23.3 Å². The number of aryl methyl sites for hydroxylation is 1. The topological polar surface area (TPSA) is 82.6 Å². The predicted octanol–water partition coefficient (Wildman–Crippen LogP) is 3.45. The van der Waals surface area contributed by atoms with Gasteiger partial charge in [0.2, 0.25) is 5.91 Å². The average Bonchev–Trinajstić information content (AvgIpc) is 3.43. The van der Waals surface area contributed by atoms with Crippen LogP contribution >= 0.6 is 11.6 Å². The smallest absolute Gasteiger partial charge is 0.306 e. The van der Waals surface area contributed by atoms with Gasteiger partial charge in [-0.3, -0.25) is 18.8 Å². The highest BCUT2D eigenvalue weighted by Gasteiger charge is 2.40. The van der Waals surface area contributed by atoms with Crippen molar-refractivity contribution in [3.05, 3.63) is 45.6 Å². The molecule has 1 aliphatic rings. The van der Waals surface area contributed by atoms with Crippen LogP contribution in [-0.4, -0.2) is 35.2 Å². The van der Waals surface area contributed by atoms with Crippen molar-refractivity contribution in [1.82, 2.24) is 29.3 Å². The van der Waals surface area contributed by atoms with Crippen molar-refractivity contribution in [3.63, 3.8) is 0 Å². The zero-order chi connectivity index (χ0) is 22.3. The molecule has 3 aromatic heterocycles. The maximum atomic E-state index is 13.2. The number of hydrogen-bond donors (Lipinski definition) is 1. The van der Waals surface area contributed by atoms with Gasteiger partial charge in [0.05, 0.1) is 12.7 Å². The van der Waals surface area contributed by atoms with Crippen molar-refractivity contribution in [1.29, 1.82) is 0 Å². The van der Waals surface area contributed by atoms with Crippen molar-refractivity contribution in [2.45, 2.75) is 58.9 Å². The molecule has 8 nitrogen and oxygen atoms in total. The Labute approximate surface area is 181 Å². The van der Waals surface area contributed by atoms with Crippen LogP contribution in [0.2, 0.25) is 5.02 Å². The molecule has 1 amide bonds. The van der Waals surface area contributed by atoms with Crippen molar-refractivity contribution < 1.29 is 18.0 Å². The Bertz CT molecular complexity index is 1130. The summed E-state index contributed by atoms with van der Waals surface area (Å²) in [7, 11) is 0. The Morgan fingerprint density at radius 1 is 1.26 bits per heavy atom. The normalized spacial score (nSPS) is 13.6. The molecule has 0 fully saturated rings. The molecular weight excluding hydrogens is 435 g/mol. The summed E-state index contributed by atoms with van der Waals surface area (Å²) in [5.41, 5.74) is 1.71. The summed E-state index contributed by atoms with van der Waals surface area (Å²) < 4.78 is 44.2. The van der Waals surface area contributed by atoms with Gasteiger partial charge in [-0.05, 0) is 33.1 Å². The van der Waals surface area contributed by atoms with Crippen LogP contribution in [0.5, 0.6) is 0 Å². The molecule has 0 unspecified atom stereocenters. The fourth-order valence-electron chi connectivity index (χ4n) is 3.87. The number of amides is 1. The number of carbonyl (C=O) groups is 1. The van der Waals surface area contributed by atoms with E-state index in [4.69, 9.17) is 11.6 Å². The van der Waals surface area contributed by atoms with Crippen LogP contribution in [-0.2, 0) is 43.4 Å². The first-order valence-electron chi connectivity index (χ1n) is 9.87. The number of nitrogens with zero attached hydrogens (tertiary/aromatic N) is 6. The lowest BCUT2D eigenvalue weighted by Crippen LogP contribution is -2.22. The zero-order valence-electron chi connectivity index (χ0n) is 17.0. The van der Waals surface area contributed by atoms with Crippen molar-refractivity contribution in [3.8, 4) is 0 Å². The van der Waals surface area contributed by atoms with Crippen LogP contribution in [0.15, 0.2) is 12.4 Å². The highest BCUT2D eigenvalue weighted by molar-refractivity contribution is 6.33. The second kappa shape index (κ2) is 8.03.